The van der Waals surface area contributed by atoms with Crippen molar-refractivity contribution in [1.82, 2.24) is 5.32 Å². The zero-order chi connectivity index (χ0) is 15.0. The molecule has 0 aromatic heterocycles. The Kier molecular flexibility index (Phi) is 6.73. The van der Waals surface area contributed by atoms with Crippen LogP contribution >= 0.6 is 0 Å². The summed E-state index contributed by atoms with van der Waals surface area (Å²) < 4.78 is 0. The molecule has 3 heteroatoms. The van der Waals surface area contributed by atoms with Crippen LogP contribution in [0.3, 0.4) is 0 Å². The van der Waals surface area contributed by atoms with Gasteiger partial charge in [-0.25, -0.2) is 0 Å². The van der Waals surface area contributed by atoms with Gasteiger partial charge in [-0.3, -0.25) is 4.79 Å². The summed E-state index contributed by atoms with van der Waals surface area (Å²) in [5, 5.41) is 2.98. The lowest BCUT2D eigenvalue weighted by atomic mass is 9.85. The molecular weight excluding hydrogens is 248 g/mol. The molecule has 1 aromatic carbocycles. The van der Waals surface area contributed by atoms with Crippen LogP contribution in [0.5, 0.6) is 0 Å². The van der Waals surface area contributed by atoms with E-state index in [1.165, 1.54) is 5.56 Å². The van der Waals surface area contributed by atoms with E-state index < -0.39 is 0 Å². The van der Waals surface area contributed by atoms with Crippen LogP contribution in [0.4, 0.5) is 0 Å². The van der Waals surface area contributed by atoms with E-state index in [2.05, 4.69) is 29.6 Å². The molecule has 0 heterocycles. The Balaban J connectivity index is 2.31. The minimum atomic E-state index is -0.313. The average molecular weight is 276 g/mol. The molecule has 0 saturated heterocycles. The summed E-state index contributed by atoms with van der Waals surface area (Å²) in [4.78, 5) is 12.1. The number of aryl methyl sites for hydroxylation is 1. The van der Waals surface area contributed by atoms with Gasteiger partial charge in [0.1, 0.15) is 0 Å². The molecule has 0 aliphatic rings. The minimum absolute atomic E-state index is 0.131. The molecule has 0 saturated carbocycles. The number of amides is 1. The van der Waals surface area contributed by atoms with Crippen LogP contribution < -0.4 is 11.1 Å². The standard InChI is InChI=1S/C17H28N2O/c1-14(18)11-13-19-16(20)17(2,3)12-7-10-15-8-5-4-6-9-15/h4-6,8-9,14H,7,10-13,18H2,1-3H3,(H,19,20). The molecule has 3 nitrogen and oxygen atoms in total. The Morgan fingerprint density at radius 3 is 2.55 bits per heavy atom. The molecule has 1 amide bonds. The molecular formula is C17H28N2O. The molecule has 20 heavy (non-hydrogen) atoms. The zero-order valence-electron chi connectivity index (χ0n) is 13.0. The highest BCUT2D eigenvalue weighted by molar-refractivity contribution is 5.81. The largest absolute Gasteiger partial charge is 0.356 e. The Labute approximate surface area is 122 Å². The second kappa shape index (κ2) is 8.05. The van der Waals surface area contributed by atoms with Crippen LogP contribution in [-0.2, 0) is 11.2 Å². The third kappa shape index (κ3) is 6.20. The topological polar surface area (TPSA) is 55.1 Å². The number of benzene rings is 1. The molecule has 1 aromatic rings. The molecule has 0 fully saturated rings. The second-order valence-corrected chi connectivity index (χ2v) is 6.24. The van der Waals surface area contributed by atoms with E-state index in [0.717, 1.165) is 25.7 Å². The lowest BCUT2D eigenvalue weighted by molar-refractivity contribution is -0.129. The highest BCUT2D eigenvalue weighted by Crippen LogP contribution is 2.23. The highest BCUT2D eigenvalue weighted by atomic mass is 16.2. The number of hydrogen-bond donors (Lipinski definition) is 2. The van der Waals surface area contributed by atoms with Gasteiger partial charge in [0.05, 0.1) is 0 Å². The summed E-state index contributed by atoms with van der Waals surface area (Å²) in [7, 11) is 0. The average Bonchev–Trinajstić information content (AvgIpc) is 2.39. The highest BCUT2D eigenvalue weighted by Gasteiger charge is 2.26. The van der Waals surface area contributed by atoms with Crippen molar-refractivity contribution in [3.63, 3.8) is 0 Å². The summed E-state index contributed by atoms with van der Waals surface area (Å²) >= 11 is 0. The molecule has 0 aliphatic carbocycles. The quantitative estimate of drug-likeness (QED) is 0.767. The fourth-order valence-corrected chi connectivity index (χ4v) is 2.15. The summed E-state index contributed by atoms with van der Waals surface area (Å²) in [6.07, 6.45) is 3.77. The summed E-state index contributed by atoms with van der Waals surface area (Å²) in [6.45, 7) is 6.65. The molecule has 112 valence electrons. The van der Waals surface area contributed by atoms with Crippen LogP contribution in [-0.4, -0.2) is 18.5 Å². The Morgan fingerprint density at radius 1 is 1.30 bits per heavy atom. The van der Waals surface area contributed by atoms with Gasteiger partial charge in [0.2, 0.25) is 5.91 Å². The van der Waals surface area contributed by atoms with Crippen LogP contribution in [0, 0.1) is 5.41 Å². The van der Waals surface area contributed by atoms with Crippen molar-refractivity contribution in [3.05, 3.63) is 35.9 Å². The van der Waals surface area contributed by atoms with Gasteiger partial charge < -0.3 is 11.1 Å². The van der Waals surface area contributed by atoms with Gasteiger partial charge in [0.25, 0.3) is 0 Å². The normalized spacial score (nSPS) is 13.0. The number of nitrogens with one attached hydrogen (secondary N) is 1. The smallest absolute Gasteiger partial charge is 0.225 e. The van der Waals surface area contributed by atoms with E-state index in [-0.39, 0.29) is 17.4 Å². The molecule has 0 aliphatic heterocycles. The number of rotatable bonds is 8. The fraction of sp³-hybridized carbons (Fsp3) is 0.588. The first-order chi connectivity index (χ1) is 9.42. The van der Waals surface area contributed by atoms with Gasteiger partial charge in [0, 0.05) is 18.0 Å². The number of carbonyl (C=O) groups is 1. The summed E-state index contributed by atoms with van der Waals surface area (Å²) in [6, 6.07) is 10.5. The van der Waals surface area contributed by atoms with Crippen molar-refractivity contribution >= 4 is 5.91 Å². The van der Waals surface area contributed by atoms with Crippen molar-refractivity contribution < 1.29 is 4.79 Å². The van der Waals surface area contributed by atoms with E-state index in [1.54, 1.807) is 0 Å². The summed E-state index contributed by atoms with van der Waals surface area (Å²) in [5.41, 5.74) is 6.70. The van der Waals surface area contributed by atoms with Crippen molar-refractivity contribution in [2.75, 3.05) is 6.54 Å². The molecule has 1 atom stereocenters. The van der Waals surface area contributed by atoms with Gasteiger partial charge >= 0.3 is 0 Å². The molecule has 1 unspecified atom stereocenters. The van der Waals surface area contributed by atoms with E-state index in [0.29, 0.717) is 6.54 Å². The maximum atomic E-state index is 12.1. The zero-order valence-corrected chi connectivity index (χ0v) is 13.0. The van der Waals surface area contributed by atoms with Crippen LogP contribution in [0.15, 0.2) is 30.3 Å². The first-order valence-electron chi connectivity index (χ1n) is 7.49. The predicted molar refractivity (Wildman–Crippen MR) is 84.4 cm³/mol. The van der Waals surface area contributed by atoms with Gasteiger partial charge in [-0.2, -0.15) is 0 Å². The van der Waals surface area contributed by atoms with E-state index >= 15 is 0 Å². The lowest BCUT2D eigenvalue weighted by Crippen LogP contribution is -2.38. The van der Waals surface area contributed by atoms with E-state index in [4.69, 9.17) is 5.73 Å². The van der Waals surface area contributed by atoms with Crippen molar-refractivity contribution in [2.24, 2.45) is 11.1 Å². The van der Waals surface area contributed by atoms with Crippen molar-refractivity contribution in [3.8, 4) is 0 Å². The monoisotopic (exact) mass is 276 g/mol. The maximum Gasteiger partial charge on any atom is 0.225 e. The number of carbonyl (C=O) groups excluding carboxylic acids is 1. The van der Waals surface area contributed by atoms with E-state index in [9.17, 15) is 4.79 Å². The van der Waals surface area contributed by atoms with Gasteiger partial charge in [-0.05, 0) is 38.2 Å². The first-order valence-corrected chi connectivity index (χ1v) is 7.49. The Hall–Kier alpha value is -1.35. The van der Waals surface area contributed by atoms with E-state index in [1.807, 2.05) is 26.8 Å². The van der Waals surface area contributed by atoms with Crippen LogP contribution in [0.25, 0.3) is 0 Å². The molecule has 1 rings (SSSR count). The van der Waals surface area contributed by atoms with Gasteiger partial charge in [-0.1, -0.05) is 44.2 Å². The third-order valence-electron chi connectivity index (χ3n) is 3.61. The minimum Gasteiger partial charge on any atom is -0.356 e. The van der Waals surface area contributed by atoms with Crippen molar-refractivity contribution in [1.29, 1.82) is 0 Å². The predicted octanol–water partition coefficient (Wildman–Crippen LogP) is 2.89. The van der Waals surface area contributed by atoms with Crippen LogP contribution in [0.2, 0.25) is 0 Å². The molecule has 0 bridgehead atoms. The number of nitrogens with two attached hydrogens (primary N) is 1. The fourth-order valence-electron chi connectivity index (χ4n) is 2.15. The van der Waals surface area contributed by atoms with Crippen LogP contribution in [0.1, 0.15) is 45.6 Å². The Morgan fingerprint density at radius 2 is 1.95 bits per heavy atom. The first kappa shape index (κ1) is 16.7. The third-order valence-corrected chi connectivity index (χ3v) is 3.61. The Bertz CT molecular complexity index is 399. The van der Waals surface area contributed by atoms with Gasteiger partial charge in [-0.15, -0.1) is 0 Å². The summed E-state index contributed by atoms with van der Waals surface area (Å²) in [5.74, 6) is 0.131. The second-order valence-electron chi connectivity index (χ2n) is 6.24. The van der Waals surface area contributed by atoms with Crippen molar-refractivity contribution in [2.45, 2.75) is 52.5 Å². The molecule has 0 radical (unpaired) electrons. The molecule has 3 N–H and O–H groups in total. The molecule has 0 spiro atoms. The lowest BCUT2D eigenvalue weighted by Gasteiger charge is -2.23. The maximum absolute atomic E-state index is 12.1. The number of hydrogen-bond acceptors (Lipinski definition) is 2. The SMILES string of the molecule is CC(N)CCNC(=O)C(C)(C)CCCc1ccccc1. The van der Waals surface area contributed by atoms with Gasteiger partial charge in [0.15, 0.2) is 0 Å².